The molecule has 0 spiro atoms. The molecule has 268 valence electrons. The molecule has 4 nitrogen and oxygen atoms in total. The van der Waals surface area contributed by atoms with Crippen LogP contribution in [0.25, 0.3) is 0 Å². The van der Waals surface area contributed by atoms with Crippen molar-refractivity contribution in [3.8, 4) is 0 Å². The quantitative estimate of drug-likeness (QED) is 0.0488. The lowest BCUT2D eigenvalue weighted by molar-refractivity contribution is -0.122. The van der Waals surface area contributed by atoms with Crippen LogP contribution in [0, 0.1) is 0 Å². The Morgan fingerprint density at radius 3 is 1.45 bits per heavy atom. The Bertz CT molecular complexity index is 879. The second kappa shape index (κ2) is 38.0. The number of amides is 1. The zero-order valence-electron chi connectivity index (χ0n) is 30.5. The predicted octanol–water partition coefficient (Wildman–Crippen LogP) is 11.7. The van der Waals surface area contributed by atoms with E-state index in [0.29, 0.717) is 0 Å². The van der Waals surface area contributed by atoms with E-state index in [4.69, 9.17) is 0 Å². The van der Waals surface area contributed by atoms with E-state index in [9.17, 15) is 15.0 Å². The van der Waals surface area contributed by atoms with Crippen molar-refractivity contribution < 1.29 is 15.0 Å². The molecule has 0 radical (unpaired) electrons. The molecule has 47 heavy (non-hydrogen) atoms. The molecule has 3 N–H and O–H groups in total. The number of aliphatic hydroxyl groups excluding tert-OH is 2. The molecule has 0 aromatic heterocycles. The van der Waals surface area contributed by atoms with Crippen LogP contribution in [0.5, 0.6) is 0 Å². The van der Waals surface area contributed by atoms with E-state index in [0.717, 1.165) is 51.4 Å². The number of nitrogens with one attached hydrogen (secondary N) is 1. The van der Waals surface area contributed by atoms with E-state index in [1.165, 1.54) is 89.9 Å². The van der Waals surface area contributed by atoms with Gasteiger partial charge in [0, 0.05) is 6.42 Å². The lowest BCUT2D eigenvalue weighted by Crippen LogP contribution is -2.44. The van der Waals surface area contributed by atoms with Crippen LogP contribution in [0.2, 0.25) is 0 Å². The van der Waals surface area contributed by atoms with Gasteiger partial charge in [-0.1, -0.05) is 182 Å². The molecule has 2 atom stereocenters. The van der Waals surface area contributed by atoms with E-state index in [1.807, 2.05) is 18.2 Å². The summed E-state index contributed by atoms with van der Waals surface area (Å²) in [5.74, 6) is -0.204. The number of hydrogen-bond acceptors (Lipinski definition) is 3. The number of hydrogen-bond donors (Lipinski definition) is 3. The molecule has 0 aromatic rings. The highest BCUT2D eigenvalue weighted by atomic mass is 16.3. The molecule has 2 unspecified atom stereocenters. The number of aliphatic hydroxyl groups is 2. The Balaban J connectivity index is 3.80. The fourth-order valence-corrected chi connectivity index (χ4v) is 5.20. The molecule has 0 bridgehead atoms. The maximum absolute atomic E-state index is 12.3. The number of carbonyl (C=O) groups excluding carboxylic acids is 1. The third-order valence-electron chi connectivity index (χ3n) is 8.14. The average molecular weight is 652 g/mol. The Kier molecular flexibility index (Phi) is 36.1. The van der Waals surface area contributed by atoms with Crippen molar-refractivity contribution in [3.05, 3.63) is 85.1 Å². The van der Waals surface area contributed by atoms with E-state index in [-0.39, 0.29) is 18.9 Å². The van der Waals surface area contributed by atoms with E-state index in [2.05, 4.69) is 79.9 Å². The largest absolute Gasteiger partial charge is 0.394 e. The molecule has 0 aromatic carbocycles. The minimum absolute atomic E-state index is 0.204. The van der Waals surface area contributed by atoms with Gasteiger partial charge in [-0.2, -0.15) is 0 Å². The van der Waals surface area contributed by atoms with Crippen molar-refractivity contribution in [2.45, 2.75) is 174 Å². The number of unbranched alkanes of at least 4 members (excludes halogenated alkanes) is 15. The number of rotatable bonds is 33. The second-order valence-corrected chi connectivity index (χ2v) is 12.6. The van der Waals surface area contributed by atoms with Gasteiger partial charge in [0.1, 0.15) is 0 Å². The molecule has 0 saturated carbocycles. The highest BCUT2D eigenvalue weighted by molar-refractivity contribution is 5.77. The molecule has 1 amide bonds. The van der Waals surface area contributed by atoms with Gasteiger partial charge in [0.05, 0.1) is 18.8 Å². The highest BCUT2D eigenvalue weighted by Crippen LogP contribution is 2.13. The molecule has 0 aliphatic rings. The summed E-state index contributed by atoms with van der Waals surface area (Å²) in [6.45, 7) is 4.12. The Hall–Kier alpha value is -2.43. The lowest BCUT2D eigenvalue weighted by atomic mass is 10.0. The van der Waals surface area contributed by atoms with Crippen LogP contribution in [0.15, 0.2) is 85.1 Å². The van der Waals surface area contributed by atoms with Gasteiger partial charge in [-0.3, -0.25) is 4.79 Å². The van der Waals surface area contributed by atoms with Crippen LogP contribution in [-0.2, 0) is 4.79 Å². The van der Waals surface area contributed by atoms with Crippen LogP contribution < -0.4 is 5.32 Å². The van der Waals surface area contributed by atoms with Gasteiger partial charge in [0.25, 0.3) is 0 Å². The maximum atomic E-state index is 12.3. The van der Waals surface area contributed by atoms with Crippen molar-refractivity contribution >= 4 is 5.91 Å². The molecule has 4 heteroatoms. The first-order valence-corrected chi connectivity index (χ1v) is 19.3. The van der Waals surface area contributed by atoms with Gasteiger partial charge >= 0.3 is 0 Å². The average Bonchev–Trinajstić information content (AvgIpc) is 3.07. The summed E-state index contributed by atoms with van der Waals surface area (Å²) in [5, 5.41) is 22.8. The second-order valence-electron chi connectivity index (χ2n) is 12.6. The molecular formula is C43H73NO3. The van der Waals surface area contributed by atoms with Crippen molar-refractivity contribution in [3.63, 3.8) is 0 Å². The molecule has 0 fully saturated rings. The monoisotopic (exact) mass is 652 g/mol. The Morgan fingerprint density at radius 1 is 0.532 bits per heavy atom. The SMILES string of the molecule is CC/C=C\C/C=C\C/C=C\C/C=C\C/C=C\CC(=O)NC(CO)C(O)/C=C/CC/C=C/CCCCCCCCCCCCCCCC. The molecule has 0 aliphatic heterocycles. The van der Waals surface area contributed by atoms with Crippen LogP contribution in [0.3, 0.4) is 0 Å². The smallest absolute Gasteiger partial charge is 0.224 e. The van der Waals surface area contributed by atoms with Crippen molar-refractivity contribution in [1.29, 1.82) is 0 Å². The summed E-state index contributed by atoms with van der Waals surface area (Å²) in [7, 11) is 0. The van der Waals surface area contributed by atoms with E-state index < -0.39 is 12.1 Å². The van der Waals surface area contributed by atoms with Crippen molar-refractivity contribution in [2.24, 2.45) is 0 Å². The normalized spacial score (nSPS) is 14.0. The van der Waals surface area contributed by atoms with Crippen molar-refractivity contribution in [2.75, 3.05) is 6.61 Å². The fourth-order valence-electron chi connectivity index (χ4n) is 5.20. The molecule has 0 rings (SSSR count). The Morgan fingerprint density at radius 2 is 0.957 bits per heavy atom. The van der Waals surface area contributed by atoms with Gasteiger partial charge in [-0.15, -0.1) is 0 Å². The predicted molar refractivity (Wildman–Crippen MR) is 207 cm³/mol. The topological polar surface area (TPSA) is 69.6 Å². The van der Waals surface area contributed by atoms with Gasteiger partial charge in [0.2, 0.25) is 5.91 Å². The third kappa shape index (κ3) is 34.7. The van der Waals surface area contributed by atoms with Crippen LogP contribution in [0.4, 0.5) is 0 Å². The lowest BCUT2D eigenvalue weighted by Gasteiger charge is -2.19. The summed E-state index contributed by atoms with van der Waals surface area (Å²) in [6, 6.07) is -0.697. The fraction of sp³-hybridized carbons (Fsp3) is 0.651. The summed E-state index contributed by atoms with van der Waals surface area (Å²) in [5.41, 5.74) is 0. The summed E-state index contributed by atoms with van der Waals surface area (Å²) >= 11 is 0. The first-order valence-electron chi connectivity index (χ1n) is 19.3. The molecule has 0 saturated heterocycles. The first-order chi connectivity index (χ1) is 23.2. The van der Waals surface area contributed by atoms with Crippen molar-refractivity contribution in [1.82, 2.24) is 5.32 Å². The summed E-state index contributed by atoms with van der Waals surface area (Å²) in [4.78, 5) is 12.3. The van der Waals surface area contributed by atoms with Gasteiger partial charge < -0.3 is 15.5 Å². The van der Waals surface area contributed by atoms with Gasteiger partial charge in [0.15, 0.2) is 0 Å². The third-order valence-corrected chi connectivity index (χ3v) is 8.14. The summed E-state index contributed by atoms with van der Waals surface area (Å²) < 4.78 is 0. The molecule has 0 aliphatic carbocycles. The number of carbonyl (C=O) groups is 1. The zero-order valence-corrected chi connectivity index (χ0v) is 30.5. The molecule has 0 heterocycles. The summed E-state index contributed by atoms with van der Waals surface area (Å²) in [6.07, 6.45) is 55.6. The van der Waals surface area contributed by atoms with Crippen LogP contribution in [0.1, 0.15) is 162 Å². The van der Waals surface area contributed by atoms with E-state index in [1.54, 1.807) is 6.08 Å². The highest BCUT2D eigenvalue weighted by Gasteiger charge is 2.17. The van der Waals surface area contributed by atoms with Crippen LogP contribution in [-0.4, -0.2) is 34.9 Å². The standard InChI is InChI=1S/C43H73NO3/c1-3-5-7-9-11-13-15-17-19-20-21-22-23-25-26-28-30-32-34-36-38-42(46)41(40-45)44-43(47)39-37-35-33-31-29-27-24-18-16-14-12-10-8-6-4-2/h6,8,12,14,18,24,28-31,35-38,41-42,45-46H,3-5,7,9-11,13,15-17,19-23,25-27,32-34,39-40H2,1-2H3,(H,44,47)/b8-6-,14-12-,24-18-,30-28+,31-29-,37-35-,38-36+. The minimum Gasteiger partial charge on any atom is -0.394 e. The molecular weight excluding hydrogens is 578 g/mol. The van der Waals surface area contributed by atoms with E-state index >= 15 is 0 Å². The van der Waals surface area contributed by atoms with Crippen LogP contribution >= 0.6 is 0 Å². The Labute approximate surface area is 291 Å². The zero-order chi connectivity index (χ0) is 34.3. The maximum Gasteiger partial charge on any atom is 0.224 e. The minimum atomic E-state index is -0.906. The number of allylic oxidation sites excluding steroid dienone is 12. The van der Waals surface area contributed by atoms with Gasteiger partial charge in [-0.05, 0) is 57.8 Å². The van der Waals surface area contributed by atoms with Gasteiger partial charge in [-0.25, -0.2) is 0 Å². The first kappa shape index (κ1) is 44.6.